The summed E-state index contributed by atoms with van der Waals surface area (Å²) in [5.74, 6) is 1.96. The van der Waals surface area contributed by atoms with E-state index in [1.54, 1.807) is 0 Å². The van der Waals surface area contributed by atoms with E-state index in [1.807, 2.05) is 11.8 Å². The van der Waals surface area contributed by atoms with Crippen molar-refractivity contribution >= 4 is 17.4 Å². The van der Waals surface area contributed by atoms with Gasteiger partial charge in [-0.2, -0.15) is 0 Å². The van der Waals surface area contributed by atoms with Crippen molar-refractivity contribution < 1.29 is 0 Å². The Balaban J connectivity index is 2.24. The maximum atomic E-state index is 5.98. The molecular formula is C15H24N2S. The molecular weight excluding hydrogens is 240 g/mol. The van der Waals surface area contributed by atoms with Gasteiger partial charge in [-0.05, 0) is 30.2 Å². The molecule has 2 rings (SSSR count). The average Bonchev–Trinajstić information content (AvgIpc) is 2.87. The van der Waals surface area contributed by atoms with Gasteiger partial charge in [0, 0.05) is 35.8 Å². The highest BCUT2D eigenvalue weighted by Gasteiger charge is 2.23. The lowest BCUT2D eigenvalue weighted by Crippen LogP contribution is -2.22. The third kappa shape index (κ3) is 2.83. The van der Waals surface area contributed by atoms with Crippen LogP contribution in [0.4, 0.5) is 5.69 Å². The van der Waals surface area contributed by atoms with Gasteiger partial charge in [-0.25, -0.2) is 0 Å². The van der Waals surface area contributed by atoms with E-state index in [2.05, 4.69) is 36.9 Å². The van der Waals surface area contributed by atoms with Crippen LogP contribution in [0.3, 0.4) is 0 Å². The first-order valence-electron chi connectivity index (χ1n) is 6.99. The number of nitrogens with two attached hydrogens (primary N) is 1. The lowest BCUT2D eigenvalue weighted by atomic mass is 10.1. The van der Waals surface area contributed by atoms with Crippen molar-refractivity contribution in [2.24, 2.45) is 11.7 Å². The Morgan fingerprint density at radius 2 is 2.22 bits per heavy atom. The SMILES string of the molecule is CCSc1cccc(N2CCC(CC)C2)c1CN. The highest BCUT2D eigenvalue weighted by Crippen LogP contribution is 2.33. The maximum Gasteiger partial charge on any atom is 0.0423 e. The zero-order valence-corrected chi connectivity index (χ0v) is 12.3. The van der Waals surface area contributed by atoms with Crippen LogP contribution in [0.15, 0.2) is 23.1 Å². The summed E-state index contributed by atoms with van der Waals surface area (Å²) >= 11 is 1.90. The Labute approximate surface area is 115 Å². The van der Waals surface area contributed by atoms with Crippen molar-refractivity contribution in [3.8, 4) is 0 Å². The number of rotatable bonds is 5. The molecule has 2 nitrogen and oxygen atoms in total. The van der Waals surface area contributed by atoms with Gasteiger partial charge in [0.05, 0.1) is 0 Å². The number of anilines is 1. The molecule has 1 unspecified atom stereocenters. The first-order chi connectivity index (χ1) is 8.80. The van der Waals surface area contributed by atoms with Crippen molar-refractivity contribution in [1.29, 1.82) is 0 Å². The molecule has 1 saturated heterocycles. The second-order valence-electron chi connectivity index (χ2n) is 4.90. The quantitative estimate of drug-likeness (QED) is 0.825. The third-order valence-electron chi connectivity index (χ3n) is 3.82. The molecule has 1 atom stereocenters. The second kappa shape index (κ2) is 6.48. The summed E-state index contributed by atoms with van der Waals surface area (Å²) in [5.41, 5.74) is 8.68. The van der Waals surface area contributed by atoms with Crippen LogP contribution in [0.5, 0.6) is 0 Å². The van der Waals surface area contributed by atoms with Crippen LogP contribution >= 0.6 is 11.8 Å². The molecule has 1 heterocycles. The predicted molar refractivity (Wildman–Crippen MR) is 81.3 cm³/mol. The number of hydrogen-bond donors (Lipinski definition) is 1. The van der Waals surface area contributed by atoms with Gasteiger partial charge in [0.1, 0.15) is 0 Å². The Hall–Kier alpha value is -0.670. The summed E-state index contributed by atoms with van der Waals surface area (Å²) in [7, 11) is 0. The highest BCUT2D eigenvalue weighted by molar-refractivity contribution is 7.99. The number of nitrogens with zero attached hydrogens (tertiary/aromatic N) is 1. The molecule has 3 heteroatoms. The first kappa shape index (κ1) is 13.8. The van der Waals surface area contributed by atoms with E-state index in [0.717, 1.165) is 11.7 Å². The zero-order chi connectivity index (χ0) is 13.0. The first-order valence-corrected chi connectivity index (χ1v) is 7.98. The molecule has 0 saturated carbocycles. The summed E-state index contributed by atoms with van der Waals surface area (Å²) in [5, 5.41) is 0. The second-order valence-corrected chi connectivity index (χ2v) is 6.21. The summed E-state index contributed by atoms with van der Waals surface area (Å²) in [6, 6.07) is 6.61. The van der Waals surface area contributed by atoms with Crippen LogP contribution in [-0.4, -0.2) is 18.8 Å². The van der Waals surface area contributed by atoms with Crippen molar-refractivity contribution in [2.45, 2.75) is 38.1 Å². The topological polar surface area (TPSA) is 29.3 Å². The van der Waals surface area contributed by atoms with Gasteiger partial charge in [-0.1, -0.05) is 26.3 Å². The number of benzene rings is 1. The van der Waals surface area contributed by atoms with Crippen LogP contribution < -0.4 is 10.6 Å². The molecule has 18 heavy (non-hydrogen) atoms. The molecule has 1 aromatic rings. The van der Waals surface area contributed by atoms with E-state index in [-0.39, 0.29) is 0 Å². The van der Waals surface area contributed by atoms with E-state index < -0.39 is 0 Å². The molecule has 1 aromatic carbocycles. The molecule has 100 valence electrons. The van der Waals surface area contributed by atoms with Gasteiger partial charge in [0.25, 0.3) is 0 Å². The lowest BCUT2D eigenvalue weighted by Gasteiger charge is -2.23. The van der Waals surface area contributed by atoms with E-state index in [4.69, 9.17) is 5.73 Å². The Morgan fingerprint density at radius 1 is 1.39 bits per heavy atom. The highest BCUT2D eigenvalue weighted by atomic mass is 32.2. The van der Waals surface area contributed by atoms with Crippen LogP contribution in [0.1, 0.15) is 32.3 Å². The van der Waals surface area contributed by atoms with Crippen molar-refractivity contribution in [1.82, 2.24) is 0 Å². The Morgan fingerprint density at radius 3 is 2.83 bits per heavy atom. The minimum Gasteiger partial charge on any atom is -0.371 e. The minimum atomic E-state index is 0.645. The van der Waals surface area contributed by atoms with Gasteiger partial charge < -0.3 is 10.6 Å². The summed E-state index contributed by atoms with van der Waals surface area (Å²) < 4.78 is 0. The van der Waals surface area contributed by atoms with Crippen LogP contribution in [-0.2, 0) is 6.54 Å². The molecule has 1 aliphatic heterocycles. The summed E-state index contributed by atoms with van der Waals surface area (Å²) in [6.07, 6.45) is 2.61. The fourth-order valence-corrected chi connectivity index (χ4v) is 3.58. The molecule has 0 aromatic heterocycles. The fourth-order valence-electron chi connectivity index (χ4n) is 2.73. The molecule has 0 spiro atoms. The molecule has 0 bridgehead atoms. The smallest absolute Gasteiger partial charge is 0.0423 e. The van der Waals surface area contributed by atoms with Gasteiger partial charge in [0.2, 0.25) is 0 Å². The zero-order valence-electron chi connectivity index (χ0n) is 11.5. The van der Waals surface area contributed by atoms with Gasteiger partial charge in [0.15, 0.2) is 0 Å². The number of hydrogen-bond acceptors (Lipinski definition) is 3. The van der Waals surface area contributed by atoms with Crippen LogP contribution in [0, 0.1) is 5.92 Å². The molecule has 1 fully saturated rings. The third-order valence-corrected chi connectivity index (χ3v) is 4.80. The largest absolute Gasteiger partial charge is 0.371 e. The van der Waals surface area contributed by atoms with Crippen LogP contribution in [0.2, 0.25) is 0 Å². The van der Waals surface area contributed by atoms with Gasteiger partial charge in [-0.15, -0.1) is 11.8 Å². The normalized spacial score (nSPS) is 19.5. The van der Waals surface area contributed by atoms with Crippen LogP contribution in [0.25, 0.3) is 0 Å². The molecule has 2 N–H and O–H groups in total. The average molecular weight is 264 g/mol. The van der Waals surface area contributed by atoms with Crippen molar-refractivity contribution in [3.63, 3.8) is 0 Å². The standard InChI is InChI=1S/C15H24N2S/c1-3-12-8-9-17(11-12)14-6-5-7-15(18-4-2)13(14)10-16/h5-7,12H,3-4,8-11,16H2,1-2H3. The Bertz CT molecular complexity index is 392. The Kier molecular flexibility index (Phi) is 4.95. The van der Waals surface area contributed by atoms with Crippen molar-refractivity contribution in [3.05, 3.63) is 23.8 Å². The summed E-state index contributed by atoms with van der Waals surface area (Å²) in [4.78, 5) is 3.88. The summed E-state index contributed by atoms with van der Waals surface area (Å²) in [6.45, 7) is 7.52. The number of thioether (sulfide) groups is 1. The minimum absolute atomic E-state index is 0.645. The maximum absolute atomic E-state index is 5.98. The predicted octanol–water partition coefficient (Wildman–Crippen LogP) is 3.49. The van der Waals surface area contributed by atoms with Gasteiger partial charge in [-0.3, -0.25) is 0 Å². The molecule has 0 aliphatic carbocycles. The molecule has 0 amide bonds. The van der Waals surface area contributed by atoms with Gasteiger partial charge >= 0.3 is 0 Å². The molecule has 1 aliphatic rings. The van der Waals surface area contributed by atoms with E-state index in [9.17, 15) is 0 Å². The fraction of sp³-hybridized carbons (Fsp3) is 0.600. The lowest BCUT2D eigenvalue weighted by molar-refractivity contribution is 0.569. The van der Waals surface area contributed by atoms with E-state index >= 15 is 0 Å². The molecule has 0 radical (unpaired) electrons. The van der Waals surface area contributed by atoms with Crippen molar-refractivity contribution in [2.75, 3.05) is 23.7 Å². The monoisotopic (exact) mass is 264 g/mol. The van der Waals surface area contributed by atoms with E-state index in [1.165, 1.54) is 42.1 Å². The van der Waals surface area contributed by atoms with E-state index in [0.29, 0.717) is 6.54 Å².